The highest BCUT2D eigenvalue weighted by molar-refractivity contribution is 7.90. The van der Waals surface area contributed by atoms with Gasteiger partial charge in [0, 0.05) is 37.3 Å². The zero-order chi connectivity index (χ0) is 16.2. The number of hydrogen-bond donors (Lipinski definition) is 1. The molecule has 0 aliphatic rings. The molecule has 0 saturated carbocycles. The number of hydrogen-bond acceptors (Lipinski definition) is 4. The Kier molecular flexibility index (Phi) is 4.97. The first-order chi connectivity index (χ1) is 10.4. The number of amides is 1. The van der Waals surface area contributed by atoms with Gasteiger partial charge >= 0.3 is 0 Å². The lowest BCUT2D eigenvalue weighted by molar-refractivity contribution is 0.0952. The monoisotopic (exact) mass is 321 g/mol. The van der Waals surface area contributed by atoms with Gasteiger partial charge in [-0.05, 0) is 37.1 Å². The molecule has 0 fully saturated rings. The number of aromatic nitrogens is 2. The van der Waals surface area contributed by atoms with E-state index in [1.807, 2.05) is 12.3 Å². The second-order valence-electron chi connectivity index (χ2n) is 5.13. The largest absolute Gasteiger partial charge is 0.352 e. The fourth-order valence-electron chi connectivity index (χ4n) is 2.05. The summed E-state index contributed by atoms with van der Waals surface area (Å²) in [7, 11) is -3.32. The summed E-state index contributed by atoms with van der Waals surface area (Å²) in [6.07, 6.45) is 5.45. The average Bonchev–Trinajstić information content (AvgIpc) is 2.95. The van der Waals surface area contributed by atoms with Crippen LogP contribution in [0.15, 0.2) is 41.6 Å². The van der Waals surface area contributed by atoms with Crippen molar-refractivity contribution in [3.63, 3.8) is 0 Å². The van der Waals surface area contributed by atoms with Gasteiger partial charge in [0.2, 0.25) is 0 Å². The lowest BCUT2D eigenvalue weighted by atomic mass is 10.1. The molecule has 7 heteroatoms. The molecule has 6 nitrogen and oxygen atoms in total. The van der Waals surface area contributed by atoms with Crippen molar-refractivity contribution < 1.29 is 13.2 Å². The average molecular weight is 321 g/mol. The fourth-order valence-corrected chi connectivity index (χ4v) is 2.69. The Morgan fingerprint density at radius 3 is 2.77 bits per heavy atom. The predicted octanol–water partition coefficient (Wildman–Crippen LogP) is 1.42. The second-order valence-corrected chi connectivity index (χ2v) is 7.14. The van der Waals surface area contributed by atoms with Gasteiger partial charge in [0.25, 0.3) is 5.91 Å². The summed E-state index contributed by atoms with van der Waals surface area (Å²) in [5, 5.41) is 6.89. The van der Waals surface area contributed by atoms with Crippen LogP contribution in [0.3, 0.4) is 0 Å². The topological polar surface area (TPSA) is 81.1 Å². The molecule has 0 atom stereocenters. The Balaban J connectivity index is 1.97. The first kappa shape index (κ1) is 16.2. The third-order valence-electron chi connectivity index (χ3n) is 3.29. The molecule has 1 amide bonds. The van der Waals surface area contributed by atoms with Gasteiger partial charge in [-0.3, -0.25) is 9.48 Å². The molecule has 1 heterocycles. The van der Waals surface area contributed by atoms with E-state index in [4.69, 9.17) is 0 Å². The summed E-state index contributed by atoms with van der Waals surface area (Å²) in [5.41, 5.74) is 1.14. The van der Waals surface area contributed by atoms with Gasteiger partial charge in [-0.15, -0.1) is 0 Å². The number of rotatable bonds is 6. The zero-order valence-corrected chi connectivity index (χ0v) is 13.4. The zero-order valence-electron chi connectivity index (χ0n) is 12.6. The maximum Gasteiger partial charge on any atom is 0.251 e. The highest BCUT2D eigenvalue weighted by Crippen LogP contribution is 2.15. The van der Waals surface area contributed by atoms with E-state index in [-0.39, 0.29) is 10.8 Å². The normalized spacial score (nSPS) is 11.4. The predicted molar refractivity (Wildman–Crippen MR) is 83.5 cm³/mol. The summed E-state index contributed by atoms with van der Waals surface area (Å²) in [6.45, 7) is 3.00. The highest BCUT2D eigenvalue weighted by Gasteiger charge is 2.14. The van der Waals surface area contributed by atoms with Crippen LogP contribution in [0.5, 0.6) is 0 Å². The molecule has 1 aromatic carbocycles. The van der Waals surface area contributed by atoms with Crippen LogP contribution in [0.1, 0.15) is 22.3 Å². The number of carbonyl (C=O) groups excluding carboxylic acids is 1. The number of nitrogens with zero attached hydrogens (tertiary/aromatic N) is 2. The number of benzene rings is 1. The molecule has 0 aliphatic carbocycles. The van der Waals surface area contributed by atoms with Crippen molar-refractivity contribution in [2.45, 2.75) is 24.8 Å². The molecule has 0 spiro atoms. The first-order valence-corrected chi connectivity index (χ1v) is 8.83. The van der Waals surface area contributed by atoms with Crippen molar-refractivity contribution in [1.29, 1.82) is 0 Å². The molecular weight excluding hydrogens is 302 g/mol. The molecule has 1 aromatic heterocycles. The Morgan fingerprint density at radius 2 is 2.14 bits per heavy atom. The van der Waals surface area contributed by atoms with Gasteiger partial charge in [-0.25, -0.2) is 8.42 Å². The molecule has 0 bridgehead atoms. The van der Waals surface area contributed by atoms with E-state index in [2.05, 4.69) is 10.4 Å². The Hall–Kier alpha value is -2.15. The smallest absolute Gasteiger partial charge is 0.251 e. The van der Waals surface area contributed by atoms with Gasteiger partial charge in [0.1, 0.15) is 0 Å². The van der Waals surface area contributed by atoms with E-state index in [1.54, 1.807) is 23.9 Å². The molecule has 1 N–H and O–H groups in total. The summed E-state index contributed by atoms with van der Waals surface area (Å²) in [5.74, 6) is -0.261. The van der Waals surface area contributed by atoms with Gasteiger partial charge in [-0.1, -0.05) is 6.07 Å². The molecule has 2 rings (SSSR count). The maximum atomic E-state index is 12.2. The SMILES string of the molecule is Cc1ccc(S(C)(=O)=O)cc1C(=O)NCCCn1cccn1. The van der Waals surface area contributed by atoms with Crippen LogP contribution in [0.4, 0.5) is 0 Å². The van der Waals surface area contributed by atoms with Gasteiger partial charge in [0.15, 0.2) is 9.84 Å². The van der Waals surface area contributed by atoms with E-state index in [9.17, 15) is 13.2 Å². The molecule has 118 valence electrons. The van der Waals surface area contributed by atoms with Gasteiger partial charge in [0.05, 0.1) is 4.90 Å². The third-order valence-corrected chi connectivity index (χ3v) is 4.40. The molecule has 2 aromatic rings. The fraction of sp³-hybridized carbons (Fsp3) is 0.333. The van der Waals surface area contributed by atoms with Crippen LogP contribution in [0.25, 0.3) is 0 Å². The standard InChI is InChI=1S/C15H19N3O3S/c1-12-5-6-13(22(2,20)21)11-14(12)15(19)16-7-3-9-18-10-4-8-17-18/h4-6,8,10-11H,3,7,9H2,1-2H3,(H,16,19). The third kappa shape index (κ3) is 4.17. The van der Waals surface area contributed by atoms with Crippen LogP contribution in [-0.2, 0) is 16.4 Å². The molecule has 0 aliphatic heterocycles. The lowest BCUT2D eigenvalue weighted by Gasteiger charge is -2.09. The second kappa shape index (κ2) is 6.74. The molecule has 22 heavy (non-hydrogen) atoms. The molecule has 0 unspecified atom stereocenters. The maximum absolute atomic E-state index is 12.2. The molecule has 0 saturated heterocycles. The number of sulfone groups is 1. The summed E-state index contributed by atoms with van der Waals surface area (Å²) in [4.78, 5) is 12.3. The summed E-state index contributed by atoms with van der Waals surface area (Å²) >= 11 is 0. The molecular formula is C15H19N3O3S. The lowest BCUT2D eigenvalue weighted by Crippen LogP contribution is -2.26. The first-order valence-electron chi connectivity index (χ1n) is 6.94. The van der Waals surface area contributed by atoms with E-state index >= 15 is 0 Å². The van der Waals surface area contributed by atoms with Crippen molar-refractivity contribution in [3.05, 3.63) is 47.8 Å². The highest BCUT2D eigenvalue weighted by atomic mass is 32.2. The Bertz CT molecular complexity index is 752. The summed E-state index contributed by atoms with van der Waals surface area (Å²) < 4.78 is 24.9. The minimum atomic E-state index is -3.32. The van der Waals surface area contributed by atoms with Crippen molar-refractivity contribution >= 4 is 15.7 Å². The van der Waals surface area contributed by atoms with Crippen molar-refractivity contribution in [3.8, 4) is 0 Å². The van der Waals surface area contributed by atoms with E-state index in [0.29, 0.717) is 12.1 Å². The molecule has 0 radical (unpaired) electrons. The minimum absolute atomic E-state index is 0.153. The number of carbonyl (C=O) groups is 1. The van der Waals surface area contributed by atoms with E-state index in [1.165, 1.54) is 12.1 Å². The van der Waals surface area contributed by atoms with Crippen molar-refractivity contribution in [2.24, 2.45) is 0 Å². The van der Waals surface area contributed by atoms with Crippen molar-refractivity contribution in [2.75, 3.05) is 12.8 Å². The van der Waals surface area contributed by atoms with Crippen LogP contribution < -0.4 is 5.32 Å². The van der Waals surface area contributed by atoms with Crippen molar-refractivity contribution in [1.82, 2.24) is 15.1 Å². The number of aryl methyl sites for hydroxylation is 2. The van der Waals surface area contributed by atoms with Crippen LogP contribution >= 0.6 is 0 Å². The van der Waals surface area contributed by atoms with Gasteiger partial charge < -0.3 is 5.32 Å². The number of nitrogens with one attached hydrogen (secondary N) is 1. The van der Waals surface area contributed by atoms with Crippen LogP contribution in [0.2, 0.25) is 0 Å². The van der Waals surface area contributed by atoms with Gasteiger partial charge in [-0.2, -0.15) is 5.10 Å². The van der Waals surface area contributed by atoms with Crippen LogP contribution in [0, 0.1) is 6.92 Å². The minimum Gasteiger partial charge on any atom is -0.352 e. The quantitative estimate of drug-likeness (QED) is 0.816. The Labute approximate surface area is 130 Å². The van der Waals surface area contributed by atoms with E-state index < -0.39 is 9.84 Å². The van der Waals surface area contributed by atoms with Crippen LogP contribution in [-0.4, -0.2) is 36.9 Å². The Morgan fingerprint density at radius 1 is 1.36 bits per heavy atom. The van der Waals surface area contributed by atoms with E-state index in [0.717, 1.165) is 24.8 Å². The summed E-state index contributed by atoms with van der Waals surface area (Å²) in [6, 6.07) is 6.43.